The van der Waals surface area contributed by atoms with Crippen LogP contribution >= 0.6 is 0 Å². The molecule has 28 heavy (non-hydrogen) atoms. The van der Waals surface area contributed by atoms with E-state index in [0.717, 1.165) is 0 Å². The van der Waals surface area contributed by atoms with Gasteiger partial charge in [0.2, 0.25) is 5.91 Å². The molecule has 7 nitrogen and oxygen atoms in total. The second kappa shape index (κ2) is 9.22. The van der Waals surface area contributed by atoms with Crippen LogP contribution in [0.5, 0.6) is 5.75 Å². The average Bonchev–Trinajstić information content (AvgIpc) is 2.83. The maximum absolute atomic E-state index is 13.0. The van der Waals surface area contributed by atoms with Crippen LogP contribution in [0.4, 0.5) is 4.39 Å². The Bertz CT molecular complexity index is 640. The second-order valence-electron chi connectivity index (χ2n) is 7.89. The topological polar surface area (TPSA) is 92.0 Å². The van der Waals surface area contributed by atoms with E-state index in [1.165, 1.54) is 19.2 Å². The standard InChI is InChI=1S/C19H30BFN2O5/c1-18(2)19(3,4)28-20(27-18)16(23-17(24)15(22)12-25-5)10-11-26-14-8-6-13(21)7-9-14/h6-9,15-16H,10-12,22H2,1-5H3,(H,23,24)/t15?,16-/m0/s1. The van der Waals surface area contributed by atoms with Crippen LogP contribution in [-0.4, -0.2) is 56.5 Å². The van der Waals surface area contributed by atoms with Gasteiger partial charge in [-0.15, -0.1) is 0 Å². The fourth-order valence-corrected chi connectivity index (χ4v) is 2.71. The lowest BCUT2D eigenvalue weighted by molar-refractivity contribution is -0.123. The van der Waals surface area contributed by atoms with Gasteiger partial charge < -0.3 is 29.8 Å². The zero-order chi connectivity index (χ0) is 20.9. The Morgan fingerprint density at radius 1 is 1.21 bits per heavy atom. The first kappa shape index (κ1) is 22.6. The van der Waals surface area contributed by atoms with E-state index >= 15 is 0 Å². The summed E-state index contributed by atoms with van der Waals surface area (Å²) in [5.74, 6) is -0.626. The van der Waals surface area contributed by atoms with Crippen LogP contribution in [0.3, 0.4) is 0 Å². The molecule has 0 spiro atoms. The van der Waals surface area contributed by atoms with E-state index in [9.17, 15) is 9.18 Å². The molecule has 1 aliphatic heterocycles. The Morgan fingerprint density at radius 2 is 1.79 bits per heavy atom. The van der Waals surface area contributed by atoms with Crippen LogP contribution in [0.1, 0.15) is 34.1 Å². The van der Waals surface area contributed by atoms with Gasteiger partial charge in [-0.25, -0.2) is 4.39 Å². The van der Waals surface area contributed by atoms with E-state index in [0.29, 0.717) is 12.2 Å². The Balaban J connectivity index is 2.03. The molecule has 3 N–H and O–H groups in total. The normalized spacial score (nSPS) is 19.9. The SMILES string of the molecule is COCC(N)C(=O)N[C@@H](CCOc1ccc(F)cc1)B1OC(C)(C)C(C)(C)O1. The summed E-state index contributed by atoms with van der Waals surface area (Å²) in [4.78, 5) is 12.4. The molecular weight excluding hydrogens is 366 g/mol. The lowest BCUT2D eigenvalue weighted by Gasteiger charge is -2.32. The summed E-state index contributed by atoms with van der Waals surface area (Å²) < 4.78 is 35.8. The molecule has 1 fully saturated rings. The number of carbonyl (C=O) groups is 1. The van der Waals surface area contributed by atoms with Crippen molar-refractivity contribution in [3.63, 3.8) is 0 Å². The molecule has 9 heteroatoms. The van der Waals surface area contributed by atoms with Gasteiger partial charge in [0.15, 0.2) is 0 Å². The Hall–Kier alpha value is -1.68. The third-order valence-corrected chi connectivity index (χ3v) is 5.12. The van der Waals surface area contributed by atoms with E-state index in [2.05, 4.69) is 5.32 Å². The van der Waals surface area contributed by atoms with E-state index in [1.807, 2.05) is 27.7 Å². The van der Waals surface area contributed by atoms with Gasteiger partial charge in [-0.1, -0.05) is 0 Å². The number of rotatable bonds is 9. The zero-order valence-corrected chi connectivity index (χ0v) is 17.2. The number of halogens is 1. The monoisotopic (exact) mass is 396 g/mol. The predicted molar refractivity (Wildman–Crippen MR) is 104 cm³/mol. The molecule has 0 bridgehead atoms. The molecule has 1 amide bonds. The lowest BCUT2D eigenvalue weighted by atomic mass is 9.76. The molecule has 0 radical (unpaired) electrons. The van der Waals surface area contributed by atoms with E-state index in [-0.39, 0.29) is 24.9 Å². The first-order valence-electron chi connectivity index (χ1n) is 9.34. The minimum absolute atomic E-state index is 0.105. The van der Waals surface area contributed by atoms with E-state index in [1.54, 1.807) is 12.1 Å². The molecule has 156 valence electrons. The summed E-state index contributed by atoms with van der Waals surface area (Å²) >= 11 is 0. The quantitative estimate of drug-likeness (QED) is 0.618. The fourth-order valence-electron chi connectivity index (χ4n) is 2.71. The molecule has 1 heterocycles. The van der Waals surface area contributed by atoms with Crippen LogP contribution < -0.4 is 15.8 Å². The highest BCUT2D eigenvalue weighted by atomic mass is 19.1. The Kier molecular flexibility index (Phi) is 7.44. The number of hydrogen-bond acceptors (Lipinski definition) is 6. The highest BCUT2D eigenvalue weighted by Crippen LogP contribution is 2.37. The van der Waals surface area contributed by atoms with Gasteiger partial charge in [0, 0.05) is 13.5 Å². The number of methoxy groups -OCH3 is 1. The van der Waals surface area contributed by atoms with Crippen molar-refractivity contribution in [2.45, 2.75) is 57.3 Å². The predicted octanol–water partition coefficient (Wildman–Crippen LogP) is 1.68. The summed E-state index contributed by atoms with van der Waals surface area (Å²) in [6.07, 6.45) is 0.416. The second-order valence-corrected chi connectivity index (χ2v) is 7.89. The first-order chi connectivity index (χ1) is 13.1. The van der Waals surface area contributed by atoms with Crippen molar-refractivity contribution in [3.05, 3.63) is 30.1 Å². The fraction of sp³-hybridized carbons (Fsp3) is 0.632. The summed E-state index contributed by atoms with van der Waals surface area (Å²) in [5, 5.41) is 2.88. The third kappa shape index (κ3) is 5.67. The smallest absolute Gasteiger partial charge is 0.481 e. The van der Waals surface area contributed by atoms with Crippen LogP contribution in [0.2, 0.25) is 0 Å². The van der Waals surface area contributed by atoms with Crippen molar-refractivity contribution in [1.82, 2.24) is 5.32 Å². The van der Waals surface area contributed by atoms with Crippen LogP contribution in [-0.2, 0) is 18.8 Å². The molecule has 1 aromatic rings. The summed E-state index contributed by atoms with van der Waals surface area (Å²) in [6.45, 7) is 8.15. The molecule has 1 saturated heterocycles. The number of nitrogens with one attached hydrogen (secondary N) is 1. The third-order valence-electron chi connectivity index (χ3n) is 5.12. The molecule has 2 atom stereocenters. The van der Waals surface area contributed by atoms with Crippen LogP contribution in [0.15, 0.2) is 24.3 Å². The van der Waals surface area contributed by atoms with Gasteiger partial charge in [-0.2, -0.15) is 0 Å². The van der Waals surface area contributed by atoms with Crippen molar-refractivity contribution in [3.8, 4) is 5.75 Å². The lowest BCUT2D eigenvalue weighted by Crippen LogP contribution is -2.54. The largest absolute Gasteiger partial charge is 0.494 e. The maximum atomic E-state index is 13.0. The van der Waals surface area contributed by atoms with Crippen molar-refractivity contribution in [2.75, 3.05) is 20.3 Å². The summed E-state index contributed by atoms with van der Waals surface area (Å²) in [7, 11) is 0.829. The number of benzene rings is 1. The summed E-state index contributed by atoms with van der Waals surface area (Å²) in [6, 6.07) is 4.95. The van der Waals surface area contributed by atoms with Crippen LogP contribution in [0, 0.1) is 5.82 Å². The molecule has 0 aliphatic carbocycles. The average molecular weight is 396 g/mol. The number of ether oxygens (including phenoxy) is 2. The van der Waals surface area contributed by atoms with Gasteiger partial charge in [0.25, 0.3) is 0 Å². The zero-order valence-electron chi connectivity index (χ0n) is 17.2. The Morgan fingerprint density at radius 3 is 2.32 bits per heavy atom. The van der Waals surface area contributed by atoms with Crippen molar-refractivity contribution in [2.24, 2.45) is 5.73 Å². The Labute approximate surface area is 166 Å². The van der Waals surface area contributed by atoms with Crippen LogP contribution in [0.25, 0.3) is 0 Å². The number of carbonyl (C=O) groups excluding carboxylic acids is 1. The molecule has 2 rings (SSSR count). The molecule has 1 aromatic carbocycles. The highest BCUT2D eigenvalue weighted by molar-refractivity contribution is 6.48. The van der Waals surface area contributed by atoms with Gasteiger partial charge in [-0.3, -0.25) is 4.79 Å². The van der Waals surface area contributed by atoms with Gasteiger partial charge in [0.1, 0.15) is 17.6 Å². The molecule has 0 aromatic heterocycles. The molecular formula is C19H30BFN2O5. The maximum Gasteiger partial charge on any atom is 0.481 e. The molecule has 0 saturated carbocycles. The van der Waals surface area contributed by atoms with Crippen molar-refractivity contribution in [1.29, 1.82) is 0 Å². The first-order valence-corrected chi connectivity index (χ1v) is 9.34. The van der Waals surface area contributed by atoms with E-state index in [4.69, 9.17) is 24.5 Å². The minimum Gasteiger partial charge on any atom is -0.494 e. The van der Waals surface area contributed by atoms with Gasteiger partial charge in [0.05, 0.1) is 30.4 Å². The van der Waals surface area contributed by atoms with Crippen molar-refractivity contribution < 1.29 is 28.0 Å². The number of amides is 1. The summed E-state index contributed by atoms with van der Waals surface area (Å²) in [5.41, 5.74) is 4.76. The number of nitrogens with two attached hydrogens (primary N) is 1. The van der Waals surface area contributed by atoms with Gasteiger partial charge >= 0.3 is 7.12 Å². The number of hydrogen-bond donors (Lipinski definition) is 2. The van der Waals surface area contributed by atoms with E-state index < -0.39 is 30.3 Å². The molecule has 1 aliphatic rings. The van der Waals surface area contributed by atoms with Crippen molar-refractivity contribution >= 4 is 13.0 Å². The van der Waals surface area contributed by atoms with Gasteiger partial charge in [-0.05, 0) is 52.0 Å². The minimum atomic E-state index is -0.798. The molecule has 1 unspecified atom stereocenters. The highest BCUT2D eigenvalue weighted by Gasteiger charge is 2.54.